The van der Waals surface area contributed by atoms with Crippen molar-refractivity contribution in [2.75, 3.05) is 0 Å². The lowest BCUT2D eigenvalue weighted by Gasteiger charge is -1.97. The van der Waals surface area contributed by atoms with Crippen LogP contribution in [0.3, 0.4) is 0 Å². The molecule has 0 saturated heterocycles. The van der Waals surface area contributed by atoms with Crippen molar-refractivity contribution in [3.05, 3.63) is 24.3 Å². The molecule has 0 aromatic rings. The molecule has 0 amide bonds. The Morgan fingerprint density at radius 2 is 1.00 bits per heavy atom. The Kier molecular flexibility index (Phi) is 15.0. The topological polar surface area (TPSA) is 0 Å². The fourth-order valence-electron chi connectivity index (χ4n) is 1.87. The summed E-state index contributed by atoms with van der Waals surface area (Å²) in [5.41, 5.74) is 0. The number of unbranched alkanes of at least 4 members (excludes halogenated alkanes) is 8. The van der Waals surface area contributed by atoms with Crippen molar-refractivity contribution in [3.8, 4) is 0 Å². The van der Waals surface area contributed by atoms with E-state index in [1.54, 1.807) is 0 Å². The minimum Gasteiger partial charge on any atom is -0.0885 e. The highest BCUT2D eigenvalue weighted by atomic mass is 13.9. The third-order valence-corrected chi connectivity index (χ3v) is 3.01. The van der Waals surface area contributed by atoms with Gasteiger partial charge in [-0.3, -0.25) is 0 Å². The molecule has 0 aromatic heterocycles. The second-order valence-corrected chi connectivity index (χ2v) is 4.87. The second-order valence-electron chi connectivity index (χ2n) is 4.87. The maximum absolute atomic E-state index is 2.37. The monoisotopic (exact) mass is 236 g/mol. The molecule has 0 aromatic carbocycles. The van der Waals surface area contributed by atoms with Crippen LogP contribution in [0, 0.1) is 0 Å². The first-order valence-electron chi connectivity index (χ1n) is 7.71. The third-order valence-electron chi connectivity index (χ3n) is 3.01. The quantitative estimate of drug-likeness (QED) is 0.270. The van der Waals surface area contributed by atoms with E-state index in [4.69, 9.17) is 0 Å². The van der Waals surface area contributed by atoms with Gasteiger partial charge >= 0.3 is 0 Å². The van der Waals surface area contributed by atoms with Gasteiger partial charge < -0.3 is 0 Å². The summed E-state index contributed by atoms with van der Waals surface area (Å²) in [4.78, 5) is 0. The van der Waals surface area contributed by atoms with Crippen LogP contribution in [0.5, 0.6) is 0 Å². The van der Waals surface area contributed by atoms with Crippen LogP contribution in [-0.4, -0.2) is 0 Å². The fraction of sp³-hybridized carbons (Fsp3) is 0.765. The summed E-state index contributed by atoms with van der Waals surface area (Å²) in [6, 6.07) is 0. The first-order valence-corrected chi connectivity index (χ1v) is 7.71. The molecule has 0 radical (unpaired) electrons. The van der Waals surface area contributed by atoms with E-state index in [-0.39, 0.29) is 0 Å². The Labute approximate surface area is 109 Å². The normalized spacial score (nSPS) is 11.9. The van der Waals surface area contributed by atoms with Gasteiger partial charge in [0.2, 0.25) is 0 Å². The van der Waals surface area contributed by atoms with E-state index in [1.165, 1.54) is 70.6 Å². The van der Waals surface area contributed by atoms with Gasteiger partial charge in [-0.1, -0.05) is 76.7 Å². The first kappa shape index (κ1) is 16.5. The van der Waals surface area contributed by atoms with Crippen molar-refractivity contribution in [1.29, 1.82) is 0 Å². The molecule has 0 N–H and O–H groups in total. The Hall–Kier alpha value is -0.520. The lowest BCUT2D eigenvalue weighted by molar-refractivity contribution is 0.611. The highest BCUT2D eigenvalue weighted by Gasteiger charge is 1.87. The van der Waals surface area contributed by atoms with Crippen LogP contribution in [0.2, 0.25) is 0 Å². The first-order chi connectivity index (χ1) is 8.41. The minimum atomic E-state index is 1.22. The van der Waals surface area contributed by atoms with E-state index in [1.807, 2.05) is 0 Å². The van der Waals surface area contributed by atoms with Crippen LogP contribution < -0.4 is 0 Å². The van der Waals surface area contributed by atoms with E-state index >= 15 is 0 Å². The zero-order valence-electron chi connectivity index (χ0n) is 12.1. The average molecular weight is 236 g/mol. The van der Waals surface area contributed by atoms with Crippen LogP contribution in [0.15, 0.2) is 24.3 Å². The van der Waals surface area contributed by atoms with Crippen LogP contribution in [0.1, 0.15) is 84.5 Å². The lowest BCUT2D eigenvalue weighted by atomic mass is 10.1. The lowest BCUT2D eigenvalue weighted by Crippen LogP contribution is -1.77. The standard InChI is InChI=1S/C17H32/c1-3-5-7-9-11-13-15-17-16-14-12-10-8-6-4-2/h7,9,15,17H,3-6,8,10-14,16H2,1-2H3. The van der Waals surface area contributed by atoms with Crippen molar-refractivity contribution >= 4 is 0 Å². The van der Waals surface area contributed by atoms with Gasteiger partial charge in [0.05, 0.1) is 0 Å². The summed E-state index contributed by atoms with van der Waals surface area (Å²) in [5, 5.41) is 0. The van der Waals surface area contributed by atoms with Gasteiger partial charge in [-0.2, -0.15) is 0 Å². The molecule has 0 spiro atoms. The Morgan fingerprint density at radius 1 is 0.471 bits per heavy atom. The largest absolute Gasteiger partial charge is 0.0885 e. The van der Waals surface area contributed by atoms with Gasteiger partial charge in [0.15, 0.2) is 0 Å². The van der Waals surface area contributed by atoms with Crippen molar-refractivity contribution < 1.29 is 0 Å². The molecule has 17 heavy (non-hydrogen) atoms. The summed E-state index contributed by atoms with van der Waals surface area (Å²) >= 11 is 0. The molecular weight excluding hydrogens is 204 g/mol. The van der Waals surface area contributed by atoms with Crippen LogP contribution in [-0.2, 0) is 0 Å². The summed E-state index contributed by atoms with van der Waals surface area (Å²) in [7, 11) is 0. The average Bonchev–Trinajstić information content (AvgIpc) is 2.35. The van der Waals surface area contributed by atoms with Crippen molar-refractivity contribution in [2.24, 2.45) is 0 Å². The van der Waals surface area contributed by atoms with Crippen molar-refractivity contribution in [3.63, 3.8) is 0 Å². The molecule has 0 heterocycles. The number of hydrogen-bond donors (Lipinski definition) is 0. The maximum Gasteiger partial charge on any atom is -0.0316 e. The smallest absolute Gasteiger partial charge is 0.0316 e. The molecule has 0 saturated carbocycles. The highest BCUT2D eigenvalue weighted by Crippen LogP contribution is 2.07. The fourth-order valence-corrected chi connectivity index (χ4v) is 1.87. The summed E-state index contributed by atoms with van der Waals surface area (Å²) in [6.45, 7) is 4.50. The van der Waals surface area contributed by atoms with Gasteiger partial charge in [-0.05, 0) is 32.1 Å². The minimum absolute atomic E-state index is 1.22. The van der Waals surface area contributed by atoms with E-state index in [9.17, 15) is 0 Å². The van der Waals surface area contributed by atoms with Crippen LogP contribution in [0.4, 0.5) is 0 Å². The van der Waals surface area contributed by atoms with Gasteiger partial charge in [0, 0.05) is 0 Å². The summed E-state index contributed by atoms with van der Waals surface area (Å²) in [5.74, 6) is 0. The van der Waals surface area contributed by atoms with Gasteiger partial charge in [-0.15, -0.1) is 0 Å². The molecule has 0 rings (SSSR count). The zero-order valence-corrected chi connectivity index (χ0v) is 12.1. The van der Waals surface area contributed by atoms with E-state index < -0.39 is 0 Å². The highest BCUT2D eigenvalue weighted by molar-refractivity contribution is 4.87. The number of rotatable bonds is 12. The molecule has 0 unspecified atom stereocenters. The molecule has 0 nitrogen and oxygen atoms in total. The van der Waals surface area contributed by atoms with E-state index in [0.29, 0.717) is 0 Å². The molecule has 0 aliphatic rings. The SMILES string of the molecule is CCCC=CCCC=CCCCCCCCC. The number of hydrogen-bond acceptors (Lipinski definition) is 0. The Bertz CT molecular complexity index is 176. The summed E-state index contributed by atoms with van der Waals surface area (Å²) < 4.78 is 0. The summed E-state index contributed by atoms with van der Waals surface area (Å²) in [6.07, 6.45) is 24.0. The molecule has 0 heteroatoms. The Morgan fingerprint density at radius 3 is 1.65 bits per heavy atom. The number of allylic oxidation sites excluding steroid dienone is 4. The predicted octanol–water partition coefficient (Wildman–Crippen LogP) is 6.43. The van der Waals surface area contributed by atoms with Gasteiger partial charge in [0.1, 0.15) is 0 Å². The van der Waals surface area contributed by atoms with Gasteiger partial charge in [0.25, 0.3) is 0 Å². The van der Waals surface area contributed by atoms with E-state index in [2.05, 4.69) is 38.2 Å². The molecule has 0 aliphatic heterocycles. The maximum atomic E-state index is 2.37. The molecule has 0 fully saturated rings. The molecule has 0 bridgehead atoms. The van der Waals surface area contributed by atoms with Crippen molar-refractivity contribution in [2.45, 2.75) is 84.5 Å². The van der Waals surface area contributed by atoms with E-state index in [0.717, 1.165) is 0 Å². The Balaban J connectivity index is 3.09. The van der Waals surface area contributed by atoms with Gasteiger partial charge in [-0.25, -0.2) is 0 Å². The molecule has 0 atom stereocenters. The van der Waals surface area contributed by atoms with Crippen LogP contribution >= 0.6 is 0 Å². The zero-order chi connectivity index (χ0) is 12.6. The van der Waals surface area contributed by atoms with Crippen LogP contribution in [0.25, 0.3) is 0 Å². The van der Waals surface area contributed by atoms with Crippen molar-refractivity contribution in [1.82, 2.24) is 0 Å². The third kappa shape index (κ3) is 15.5. The molecule has 100 valence electrons. The predicted molar refractivity (Wildman–Crippen MR) is 80.4 cm³/mol. The molecular formula is C17H32. The molecule has 0 aliphatic carbocycles. The second kappa shape index (κ2) is 15.5.